The maximum Gasteiger partial charge on any atom is 0.337 e. The van der Waals surface area contributed by atoms with Gasteiger partial charge in [-0.2, -0.15) is 4.98 Å². The molecule has 1 N–H and O–H groups in total. The first-order valence-corrected chi connectivity index (χ1v) is 10.8. The molecule has 9 heteroatoms. The van der Waals surface area contributed by atoms with Gasteiger partial charge in [0.05, 0.1) is 0 Å². The summed E-state index contributed by atoms with van der Waals surface area (Å²) in [7, 11) is 0. The van der Waals surface area contributed by atoms with E-state index in [1.54, 1.807) is 0 Å². The van der Waals surface area contributed by atoms with Crippen molar-refractivity contribution in [1.29, 1.82) is 0 Å². The molecule has 0 bridgehead atoms. The van der Waals surface area contributed by atoms with E-state index >= 15 is 0 Å². The SMILES string of the molecule is CCCCc1cc(=O)oc2nc(O/N=C(/CCC)N3CCN(CC)CC3)[nH]c(=O)c12. The third-order valence-electron chi connectivity index (χ3n) is 5.37. The van der Waals surface area contributed by atoms with Gasteiger partial charge in [-0.25, -0.2) is 4.79 Å². The third-order valence-corrected chi connectivity index (χ3v) is 5.37. The highest BCUT2D eigenvalue weighted by molar-refractivity contribution is 5.82. The second-order valence-corrected chi connectivity index (χ2v) is 7.52. The van der Waals surface area contributed by atoms with Crippen LogP contribution in [0.15, 0.2) is 25.2 Å². The Kier molecular flexibility index (Phi) is 7.62. The molecule has 1 aliphatic rings. The summed E-state index contributed by atoms with van der Waals surface area (Å²) >= 11 is 0. The molecule has 0 spiro atoms. The average Bonchev–Trinajstić information content (AvgIpc) is 2.74. The van der Waals surface area contributed by atoms with Crippen LogP contribution in [-0.2, 0) is 6.42 Å². The quantitative estimate of drug-likeness (QED) is 0.399. The van der Waals surface area contributed by atoms with E-state index in [2.05, 4.69) is 45.7 Å². The molecule has 9 nitrogen and oxygen atoms in total. The Labute approximate surface area is 175 Å². The summed E-state index contributed by atoms with van der Waals surface area (Å²) in [6.45, 7) is 11.1. The van der Waals surface area contributed by atoms with Gasteiger partial charge in [-0.3, -0.25) is 9.78 Å². The van der Waals surface area contributed by atoms with E-state index in [0.717, 1.165) is 64.2 Å². The van der Waals surface area contributed by atoms with E-state index < -0.39 is 11.2 Å². The molecule has 1 fully saturated rings. The first kappa shape index (κ1) is 22.0. The molecular weight excluding hydrogens is 386 g/mol. The molecule has 1 saturated heterocycles. The van der Waals surface area contributed by atoms with Gasteiger partial charge in [0, 0.05) is 38.7 Å². The predicted octanol–water partition coefficient (Wildman–Crippen LogP) is 2.35. The van der Waals surface area contributed by atoms with Gasteiger partial charge in [0.1, 0.15) is 11.2 Å². The van der Waals surface area contributed by atoms with Crippen LogP contribution in [0, 0.1) is 0 Å². The molecule has 0 saturated carbocycles. The maximum absolute atomic E-state index is 12.6. The number of amidine groups is 1. The number of fused-ring (bicyclic) bond motifs is 1. The molecule has 164 valence electrons. The second kappa shape index (κ2) is 10.4. The number of aromatic nitrogens is 2. The highest BCUT2D eigenvalue weighted by Crippen LogP contribution is 2.16. The number of oxime groups is 1. The fraction of sp³-hybridized carbons (Fsp3) is 0.619. The Morgan fingerprint density at radius 2 is 1.97 bits per heavy atom. The normalized spacial score (nSPS) is 15.7. The van der Waals surface area contributed by atoms with Crippen molar-refractivity contribution in [3.8, 4) is 6.01 Å². The number of nitrogens with one attached hydrogen (secondary N) is 1. The van der Waals surface area contributed by atoms with Gasteiger partial charge in [-0.15, -0.1) is 0 Å². The third kappa shape index (κ3) is 5.27. The molecule has 30 heavy (non-hydrogen) atoms. The predicted molar refractivity (Wildman–Crippen MR) is 116 cm³/mol. The molecule has 3 rings (SSSR count). The molecule has 0 radical (unpaired) electrons. The van der Waals surface area contributed by atoms with E-state index in [0.29, 0.717) is 17.4 Å². The van der Waals surface area contributed by atoms with Crippen molar-refractivity contribution in [2.24, 2.45) is 5.16 Å². The van der Waals surface area contributed by atoms with E-state index in [1.165, 1.54) is 6.07 Å². The number of H-pyrrole nitrogens is 1. The highest BCUT2D eigenvalue weighted by Gasteiger charge is 2.19. The number of likely N-dealkylation sites (N-methyl/N-ethyl adjacent to an activating group) is 1. The summed E-state index contributed by atoms with van der Waals surface area (Å²) in [4.78, 5) is 41.4. The number of rotatable bonds is 8. The lowest BCUT2D eigenvalue weighted by Crippen LogP contribution is -2.48. The summed E-state index contributed by atoms with van der Waals surface area (Å²) in [5, 5.41) is 4.57. The molecule has 1 aliphatic heterocycles. The lowest BCUT2D eigenvalue weighted by Gasteiger charge is -2.35. The lowest BCUT2D eigenvalue weighted by atomic mass is 10.1. The van der Waals surface area contributed by atoms with Gasteiger partial charge in [0.2, 0.25) is 5.71 Å². The first-order valence-electron chi connectivity index (χ1n) is 10.8. The molecule has 2 aromatic heterocycles. The van der Waals surface area contributed by atoms with E-state index in [-0.39, 0.29) is 11.7 Å². The summed E-state index contributed by atoms with van der Waals surface area (Å²) in [5.74, 6) is 0.828. The van der Waals surface area contributed by atoms with Crippen LogP contribution < -0.4 is 16.0 Å². The van der Waals surface area contributed by atoms with Gasteiger partial charge < -0.3 is 19.1 Å². The summed E-state index contributed by atoms with van der Waals surface area (Å²) < 4.78 is 5.17. The van der Waals surface area contributed by atoms with Gasteiger partial charge >= 0.3 is 11.6 Å². The minimum absolute atomic E-state index is 0.0174. The topological polar surface area (TPSA) is 104 Å². The van der Waals surface area contributed by atoms with Crippen molar-refractivity contribution in [1.82, 2.24) is 19.8 Å². The summed E-state index contributed by atoms with van der Waals surface area (Å²) in [6.07, 6.45) is 4.13. The molecule has 0 aliphatic carbocycles. The van der Waals surface area contributed by atoms with Gasteiger partial charge in [0.25, 0.3) is 5.56 Å². The van der Waals surface area contributed by atoms with E-state index in [1.807, 2.05) is 0 Å². The Morgan fingerprint density at radius 3 is 2.63 bits per heavy atom. The zero-order chi connectivity index (χ0) is 21.5. The zero-order valence-corrected chi connectivity index (χ0v) is 18.1. The van der Waals surface area contributed by atoms with Crippen LogP contribution in [-0.4, -0.2) is 58.3 Å². The van der Waals surface area contributed by atoms with Gasteiger partial charge in [-0.05, 0) is 31.4 Å². The molecule has 3 heterocycles. The molecule has 0 aromatic carbocycles. The number of hydrogen-bond donors (Lipinski definition) is 1. The van der Waals surface area contributed by atoms with Crippen LogP contribution in [0.1, 0.15) is 52.0 Å². The minimum atomic E-state index is -0.526. The Bertz CT molecular complexity index is 989. The van der Waals surface area contributed by atoms with Crippen molar-refractivity contribution < 1.29 is 9.25 Å². The fourth-order valence-corrected chi connectivity index (χ4v) is 3.64. The Morgan fingerprint density at radius 1 is 1.20 bits per heavy atom. The number of nitrogens with zero attached hydrogens (tertiary/aromatic N) is 4. The molecule has 0 atom stereocenters. The van der Waals surface area contributed by atoms with E-state index in [4.69, 9.17) is 9.25 Å². The van der Waals surface area contributed by atoms with Crippen LogP contribution in [0.4, 0.5) is 0 Å². The van der Waals surface area contributed by atoms with Crippen LogP contribution in [0.25, 0.3) is 11.1 Å². The van der Waals surface area contributed by atoms with Gasteiger partial charge in [0.15, 0.2) is 0 Å². The summed E-state index contributed by atoms with van der Waals surface area (Å²) in [5.41, 5.74) is -0.293. The lowest BCUT2D eigenvalue weighted by molar-refractivity contribution is 0.182. The largest absolute Gasteiger partial charge is 0.403 e. The number of unbranched alkanes of at least 4 members (excludes halogenated alkanes) is 1. The fourth-order valence-electron chi connectivity index (χ4n) is 3.64. The van der Waals surface area contributed by atoms with Crippen LogP contribution in [0.5, 0.6) is 6.01 Å². The van der Waals surface area contributed by atoms with Gasteiger partial charge in [-0.1, -0.05) is 32.3 Å². The zero-order valence-electron chi connectivity index (χ0n) is 18.1. The number of hydrogen-bond acceptors (Lipinski definition) is 7. The maximum atomic E-state index is 12.6. The van der Waals surface area contributed by atoms with Crippen molar-refractivity contribution in [3.05, 3.63) is 32.4 Å². The van der Waals surface area contributed by atoms with Crippen molar-refractivity contribution in [2.45, 2.75) is 52.9 Å². The number of aryl methyl sites for hydroxylation is 1. The average molecular weight is 418 g/mol. The minimum Gasteiger partial charge on any atom is -0.403 e. The molecule has 2 aromatic rings. The molecule has 0 amide bonds. The monoisotopic (exact) mass is 417 g/mol. The number of piperazine rings is 1. The Balaban J connectivity index is 1.85. The smallest absolute Gasteiger partial charge is 0.337 e. The van der Waals surface area contributed by atoms with Crippen LogP contribution in [0.2, 0.25) is 0 Å². The number of aromatic amines is 1. The van der Waals surface area contributed by atoms with Crippen molar-refractivity contribution >= 4 is 16.9 Å². The second-order valence-electron chi connectivity index (χ2n) is 7.52. The van der Waals surface area contributed by atoms with Crippen molar-refractivity contribution in [2.75, 3.05) is 32.7 Å². The van der Waals surface area contributed by atoms with Crippen LogP contribution >= 0.6 is 0 Å². The van der Waals surface area contributed by atoms with Crippen molar-refractivity contribution in [3.63, 3.8) is 0 Å². The Hall–Kier alpha value is -2.68. The molecular formula is C21H31N5O4. The highest BCUT2D eigenvalue weighted by atomic mass is 16.6. The summed E-state index contributed by atoms with van der Waals surface area (Å²) in [6, 6.07) is 1.28. The molecule has 0 unspecified atom stereocenters. The first-order chi connectivity index (χ1) is 14.5. The van der Waals surface area contributed by atoms with Crippen LogP contribution in [0.3, 0.4) is 0 Å². The van der Waals surface area contributed by atoms with E-state index in [9.17, 15) is 9.59 Å². The standard InChI is InChI=1S/C21H31N5O4/c1-4-7-9-15-14-17(27)29-20-18(15)19(28)22-21(23-20)30-24-16(8-5-2)26-12-10-25(6-3)11-13-26/h14H,4-13H2,1-3H3,(H,22,23,28)/b24-16-.